The van der Waals surface area contributed by atoms with Crippen LogP contribution in [0.2, 0.25) is 0 Å². The lowest BCUT2D eigenvalue weighted by Crippen LogP contribution is -2.11. The highest BCUT2D eigenvalue weighted by Crippen LogP contribution is 2.18. The summed E-state index contributed by atoms with van der Waals surface area (Å²) < 4.78 is 12.0. The summed E-state index contributed by atoms with van der Waals surface area (Å²) in [5.74, 6) is -0.364. The number of aromatic nitrogens is 2. The van der Waals surface area contributed by atoms with Gasteiger partial charge in [-0.1, -0.05) is 12.1 Å². The molecule has 1 aromatic heterocycles. The van der Waals surface area contributed by atoms with Crippen LogP contribution in [0, 0.1) is 0 Å². The molecule has 0 radical (unpaired) electrons. The van der Waals surface area contributed by atoms with Gasteiger partial charge in [0.25, 0.3) is 5.56 Å². The number of carbonyl (C=O) groups excluding carboxylic acids is 1. The molecular weight excluding hydrogens is 249 g/mol. The topological polar surface area (TPSA) is 74.8 Å². The third-order valence-electron chi connectivity index (χ3n) is 2.47. The van der Waals surface area contributed by atoms with Crippen molar-refractivity contribution in [3.05, 3.63) is 46.8 Å². The molecule has 0 aliphatic heterocycles. The number of amides is 1. The number of benzene rings is 1. The Bertz CT molecular complexity index is 602. The van der Waals surface area contributed by atoms with Crippen LogP contribution in [0.3, 0.4) is 0 Å². The lowest BCUT2D eigenvalue weighted by molar-refractivity contribution is -0.116. The number of H-pyrrole nitrogens is 1. The van der Waals surface area contributed by atoms with E-state index in [1.165, 1.54) is 6.07 Å². The second-order valence-electron chi connectivity index (χ2n) is 3.87. The molecule has 0 aliphatic rings. The molecule has 2 N–H and O–H groups in total. The standard InChI is InChI=1S/C13H12FN3O2/c14-8-7-12(18)15-10-3-1-9(2-4-10)11-5-6-13(19)17-16-11/h1-6H,7-8H2,(H,15,18)(H,17,19). The molecule has 6 heteroatoms. The number of alkyl halides is 1. The van der Waals surface area contributed by atoms with E-state index in [1.54, 1.807) is 30.3 Å². The number of hydrogen-bond acceptors (Lipinski definition) is 3. The second-order valence-corrected chi connectivity index (χ2v) is 3.87. The van der Waals surface area contributed by atoms with E-state index in [1.807, 2.05) is 0 Å². The van der Waals surface area contributed by atoms with E-state index in [0.29, 0.717) is 11.4 Å². The quantitative estimate of drug-likeness (QED) is 0.880. The minimum atomic E-state index is -0.675. The third-order valence-corrected chi connectivity index (χ3v) is 2.47. The molecule has 0 atom stereocenters. The minimum Gasteiger partial charge on any atom is -0.326 e. The number of nitrogens with one attached hydrogen (secondary N) is 2. The molecule has 0 aliphatic carbocycles. The highest BCUT2D eigenvalue weighted by molar-refractivity contribution is 5.90. The van der Waals surface area contributed by atoms with Gasteiger partial charge in [0.15, 0.2) is 0 Å². The van der Waals surface area contributed by atoms with E-state index < -0.39 is 6.67 Å². The van der Waals surface area contributed by atoms with Crippen LogP contribution in [0.15, 0.2) is 41.2 Å². The van der Waals surface area contributed by atoms with Crippen LogP contribution < -0.4 is 10.9 Å². The SMILES string of the molecule is O=C(CCF)Nc1ccc(-c2ccc(=O)[nH]n2)cc1. The zero-order valence-electron chi connectivity index (χ0n) is 10.0. The molecule has 0 unspecified atom stereocenters. The first-order valence-electron chi connectivity index (χ1n) is 5.71. The molecule has 0 fully saturated rings. The van der Waals surface area contributed by atoms with Crippen molar-refractivity contribution in [3.8, 4) is 11.3 Å². The summed E-state index contributed by atoms with van der Waals surface area (Å²) in [6.07, 6.45) is -0.150. The van der Waals surface area contributed by atoms with Gasteiger partial charge in [0.2, 0.25) is 5.91 Å². The number of nitrogens with zero attached hydrogens (tertiary/aromatic N) is 1. The van der Waals surface area contributed by atoms with Gasteiger partial charge >= 0.3 is 0 Å². The van der Waals surface area contributed by atoms with Crippen LogP contribution in [0.1, 0.15) is 6.42 Å². The molecule has 0 bridgehead atoms. The van der Waals surface area contributed by atoms with Crippen molar-refractivity contribution in [2.75, 3.05) is 12.0 Å². The summed E-state index contributed by atoms with van der Waals surface area (Å²) in [7, 11) is 0. The average molecular weight is 261 g/mol. The monoisotopic (exact) mass is 261 g/mol. The van der Waals surface area contributed by atoms with Gasteiger partial charge in [-0.05, 0) is 18.2 Å². The van der Waals surface area contributed by atoms with Gasteiger partial charge in [0.1, 0.15) is 0 Å². The number of hydrogen-bond donors (Lipinski definition) is 2. The van der Waals surface area contributed by atoms with Crippen molar-refractivity contribution >= 4 is 11.6 Å². The van der Waals surface area contributed by atoms with Crippen LogP contribution in [-0.4, -0.2) is 22.8 Å². The van der Waals surface area contributed by atoms with Gasteiger partial charge in [-0.15, -0.1) is 0 Å². The number of anilines is 1. The Labute approximate surface area is 108 Å². The van der Waals surface area contributed by atoms with Gasteiger partial charge in [0, 0.05) is 17.3 Å². The van der Waals surface area contributed by atoms with Gasteiger partial charge in [-0.3, -0.25) is 14.0 Å². The van der Waals surface area contributed by atoms with Crippen LogP contribution >= 0.6 is 0 Å². The molecule has 5 nitrogen and oxygen atoms in total. The lowest BCUT2D eigenvalue weighted by atomic mass is 10.1. The smallest absolute Gasteiger partial charge is 0.264 e. The Kier molecular flexibility index (Phi) is 4.02. The maximum Gasteiger partial charge on any atom is 0.264 e. The molecule has 98 valence electrons. The summed E-state index contributed by atoms with van der Waals surface area (Å²) in [5, 5.41) is 8.81. The fourth-order valence-electron chi connectivity index (χ4n) is 1.54. The lowest BCUT2D eigenvalue weighted by Gasteiger charge is -2.05. The fraction of sp³-hybridized carbons (Fsp3) is 0.154. The van der Waals surface area contributed by atoms with E-state index in [0.717, 1.165) is 5.56 Å². The molecule has 0 saturated carbocycles. The predicted molar refractivity (Wildman–Crippen MR) is 69.5 cm³/mol. The zero-order chi connectivity index (χ0) is 13.7. The molecule has 2 rings (SSSR count). The maximum absolute atomic E-state index is 12.0. The molecule has 19 heavy (non-hydrogen) atoms. The van der Waals surface area contributed by atoms with Crippen LogP contribution in [-0.2, 0) is 4.79 Å². The predicted octanol–water partition coefficient (Wildman–Crippen LogP) is 1.73. The highest BCUT2D eigenvalue weighted by atomic mass is 19.1. The summed E-state index contributed by atoms with van der Waals surface area (Å²) in [5.41, 5.74) is 1.76. The van der Waals surface area contributed by atoms with Crippen LogP contribution in [0.5, 0.6) is 0 Å². The van der Waals surface area contributed by atoms with Crippen LogP contribution in [0.25, 0.3) is 11.3 Å². The van der Waals surface area contributed by atoms with E-state index in [9.17, 15) is 14.0 Å². The minimum absolute atomic E-state index is 0.150. The largest absolute Gasteiger partial charge is 0.326 e. The second kappa shape index (κ2) is 5.90. The maximum atomic E-state index is 12.0. The van der Waals surface area contributed by atoms with Crippen LogP contribution in [0.4, 0.5) is 10.1 Å². The first kappa shape index (κ1) is 12.9. The summed E-state index contributed by atoms with van der Waals surface area (Å²) in [6, 6.07) is 9.89. The first-order valence-corrected chi connectivity index (χ1v) is 5.71. The number of carbonyl (C=O) groups is 1. The molecule has 0 saturated heterocycles. The molecule has 1 aromatic carbocycles. The Morgan fingerprint density at radius 2 is 1.95 bits per heavy atom. The Balaban J connectivity index is 2.12. The number of halogens is 1. The van der Waals surface area contributed by atoms with E-state index >= 15 is 0 Å². The van der Waals surface area contributed by atoms with Crippen molar-refractivity contribution in [1.82, 2.24) is 10.2 Å². The molecule has 1 amide bonds. The molecule has 0 spiro atoms. The van der Waals surface area contributed by atoms with E-state index in [4.69, 9.17) is 0 Å². The third kappa shape index (κ3) is 3.48. The Morgan fingerprint density at radius 3 is 2.53 bits per heavy atom. The summed E-state index contributed by atoms with van der Waals surface area (Å²) in [6.45, 7) is -0.675. The van der Waals surface area contributed by atoms with Gasteiger partial charge in [0.05, 0.1) is 18.8 Å². The van der Waals surface area contributed by atoms with Crippen molar-refractivity contribution in [2.24, 2.45) is 0 Å². The summed E-state index contributed by atoms with van der Waals surface area (Å²) >= 11 is 0. The average Bonchev–Trinajstić information content (AvgIpc) is 2.41. The van der Waals surface area contributed by atoms with Gasteiger partial charge in [-0.2, -0.15) is 5.10 Å². The van der Waals surface area contributed by atoms with Crippen molar-refractivity contribution < 1.29 is 9.18 Å². The Morgan fingerprint density at radius 1 is 1.21 bits per heavy atom. The van der Waals surface area contributed by atoms with E-state index in [-0.39, 0.29) is 17.9 Å². The normalized spacial score (nSPS) is 10.2. The number of rotatable bonds is 4. The zero-order valence-corrected chi connectivity index (χ0v) is 10.0. The fourth-order valence-corrected chi connectivity index (χ4v) is 1.54. The highest BCUT2D eigenvalue weighted by Gasteiger charge is 2.03. The van der Waals surface area contributed by atoms with Crippen molar-refractivity contribution in [1.29, 1.82) is 0 Å². The van der Waals surface area contributed by atoms with Gasteiger partial charge in [-0.25, -0.2) is 5.10 Å². The Hall–Kier alpha value is -2.50. The number of aromatic amines is 1. The van der Waals surface area contributed by atoms with Gasteiger partial charge < -0.3 is 5.32 Å². The molecular formula is C13H12FN3O2. The van der Waals surface area contributed by atoms with E-state index in [2.05, 4.69) is 15.5 Å². The molecule has 2 aromatic rings. The molecule has 1 heterocycles. The first-order chi connectivity index (χ1) is 9.19. The van der Waals surface area contributed by atoms with Crippen molar-refractivity contribution in [3.63, 3.8) is 0 Å². The summed E-state index contributed by atoms with van der Waals surface area (Å²) in [4.78, 5) is 22.1. The van der Waals surface area contributed by atoms with Crippen molar-refractivity contribution in [2.45, 2.75) is 6.42 Å².